The van der Waals surface area contributed by atoms with Crippen LogP contribution in [0.3, 0.4) is 0 Å². The molecule has 0 N–H and O–H groups in total. The summed E-state index contributed by atoms with van der Waals surface area (Å²) < 4.78 is 37.6. The van der Waals surface area contributed by atoms with E-state index in [-0.39, 0.29) is 5.54 Å². The van der Waals surface area contributed by atoms with Gasteiger partial charge in [0.05, 0.1) is 11.3 Å². The first-order valence-electron chi connectivity index (χ1n) is 6.70. The molecule has 1 heterocycles. The summed E-state index contributed by atoms with van der Waals surface area (Å²) in [4.78, 5) is 4.48. The Morgan fingerprint density at radius 1 is 0.952 bits per heavy atom. The van der Waals surface area contributed by atoms with Crippen molar-refractivity contribution in [3.8, 4) is 0 Å². The van der Waals surface area contributed by atoms with Gasteiger partial charge in [0.25, 0.3) is 0 Å². The maximum Gasteiger partial charge on any atom is 0.416 e. The number of hydrogen-bond donors (Lipinski definition) is 0. The molecule has 0 saturated carbocycles. The van der Waals surface area contributed by atoms with Gasteiger partial charge in [-0.3, -0.25) is 4.99 Å². The Morgan fingerprint density at radius 3 is 2.14 bits per heavy atom. The Bertz CT molecular complexity index is 671. The molecule has 0 aliphatic carbocycles. The Morgan fingerprint density at radius 2 is 1.57 bits per heavy atom. The fourth-order valence-electron chi connectivity index (χ4n) is 2.53. The predicted octanol–water partition coefficient (Wildman–Crippen LogP) is 4.51. The van der Waals surface area contributed by atoms with Crippen LogP contribution in [0.25, 0.3) is 0 Å². The molecule has 1 aliphatic heterocycles. The van der Waals surface area contributed by atoms with E-state index < -0.39 is 11.7 Å². The maximum atomic E-state index is 12.5. The van der Waals surface area contributed by atoms with E-state index in [4.69, 9.17) is 0 Å². The van der Waals surface area contributed by atoms with Crippen LogP contribution in [0.1, 0.15) is 23.6 Å². The molecule has 0 spiro atoms. The molecule has 0 saturated heterocycles. The molecule has 108 valence electrons. The van der Waals surface area contributed by atoms with E-state index in [0.29, 0.717) is 0 Å². The van der Waals surface area contributed by atoms with Gasteiger partial charge in [-0.05, 0) is 30.2 Å². The molecule has 3 rings (SSSR count). The van der Waals surface area contributed by atoms with Gasteiger partial charge in [-0.15, -0.1) is 0 Å². The third-order valence-electron chi connectivity index (χ3n) is 3.70. The van der Waals surface area contributed by atoms with E-state index in [1.807, 2.05) is 37.3 Å². The van der Waals surface area contributed by atoms with Crippen LogP contribution in [0, 0.1) is 0 Å². The number of alkyl halides is 3. The minimum atomic E-state index is -4.29. The zero-order valence-corrected chi connectivity index (χ0v) is 11.5. The molecule has 1 aliphatic rings. The molecule has 1 nitrogen and oxygen atoms in total. The zero-order valence-electron chi connectivity index (χ0n) is 11.5. The summed E-state index contributed by atoms with van der Waals surface area (Å²) in [5.74, 6) is 0. The van der Waals surface area contributed by atoms with Crippen molar-refractivity contribution in [3.05, 3.63) is 71.3 Å². The number of benzene rings is 2. The van der Waals surface area contributed by atoms with Crippen LogP contribution < -0.4 is 0 Å². The Kier molecular flexibility index (Phi) is 3.12. The number of aliphatic imine (C=N–C) groups is 1. The van der Waals surface area contributed by atoms with Crippen molar-refractivity contribution in [2.45, 2.75) is 25.1 Å². The van der Waals surface area contributed by atoms with Crippen molar-refractivity contribution in [1.29, 1.82) is 0 Å². The first-order chi connectivity index (χ1) is 9.88. The molecule has 2 aromatic carbocycles. The SMILES string of the molecule is CC1(Cc2ccccc2)N=C1c1ccc(C(F)(F)F)cc1. The summed E-state index contributed by atoms with van der Waals surface area (Å²) in [6, 6.07) is 15.2. The van der Waals surface area contributed by atoms with Gasteiger partial charge in [-0.2, -0.15) is 13.2 Å². The first kappa shape index (κ1) is 13.9. The van der Waals surface area contributed by atoms with Gasteiger partial charge >= 0.3 is 6.18 Å². The van der Waals surface area contributed by atoms with Crippen molar-refractivity contribution >= 4 is 5.71 Å². The normalized spacial score (nSPS) is 21.0. The predicted molar refractivity (Wildman–Crippen MR) is 76.5 cm³/mol. The van der Waals surface area contributed by atoms with E-state index in [9.17, 15) is 13.2 Å². The van der Waals surface area contributed by atoms with Crippen LogP contribution >= 0.6 is 0 Å². The summed E-state index contributed by atoms with van der Waals surface area (Å²) in [5, 5.41) is 0. The lowest BCUT2D eigenvalue weighted by Crippen LogP contribution is -2.18. The summed E-state index contributed by atoms with van der Waals surface area (Å²) in [6.45, 7) is 2.01. The average Bonchev–Trinajstić information content (AvgIpc) is 3.10. The minimum Gasteiger partial charge on any atom is -0.273 e. The molecule has 1 unspecified atom stereocenters. The van der Waals surface area contributed by atoms with Crippen molar-refractivity contribution in [2.75, 3.05) is 0 Å². The second-order valence-corrected chi connectivity index (χ2v) is 5.47. The van der Waals surface area contributed by atoms with Gasteiger partial charge in [0.1, 0.15) is 5.54 Å². The van der Waals surface area contributed by atoms with Gasteiger partial charge in [0, 0.05) is 6.42 Å². The molecule has 0 fully saturated rings. The van der Waals surface area contributed by atoms with Crippen molar-refractivity contribution in [3.63, 3.8) is 0 Å². The fraction of sp³-hybridized carbons (Fsp3) is 0.235. The molecular weight excluding hydrogens is 275 g/mol. The lowest BCUT2D eigenvalue weighted by Gasteiger charge is -2.10. The highest BCUT2D eigenvalue weighted by Crippen LogP contribution is 2.36. The Hall–Kier alpha value is -2.10. The topological polar surface area (TPSA) is 12.4 Å². The first-order valence-corrected chi connectivity index (χ1v) is 6.70. The van der Waals surface area contributed by atoms with Crippen molar-refractivity contribution in [1.82, 2.24) is 0 Å². The second-order valence-electron chi connectivity index (χ2n) is 5.47. The second kappa shape index (κ2) is 4.72. The quantitative estimate of drug-likeness (QED) is 0.788. The van der Waals surface area contributed by atoms with Gasteiger partial charge in [0.15, 0.2) is 0 Å². The fourth-order valence-corrected chi connectivity index (χ4v) is 2.53. The third kappa shape index (κ3) is 2.84. The number of halogens is 3. The number of hydrogen-bond acceptors (Lipinski definition) is 1. The molecule has 2 aromatic rings. The molecule has 4 heteroatoms. The lowest BCUT2D eigenvalue weighted by molar-refractivity contribution is -0.137. The highest BCUT2D eigenvalue weighted by molar-refractivity contribution is 6.16. The molecule has 0 bridgehead atoms. The van der Waals surface area contributed by atoms with Gasteiger partial charge in [-0.1, -0.05) is 42.5 Å². The minimum absolute atomic E-state index is 0.291. The average molecular weight is 289 g/mol. The van der Waals surface area contributed by atoms with E-state index in [1.165, 1.54) is 17.7 Å². The van der Waals surface area contributed by atoms with E-state index in [1.54, 1.807) is 0 Å². The largest absolute Gasteiger partial charge is 0.416 e. The molecule has 21 heavy (non-hydrogen) atoms. The zero-order chi connectivity index (χ0) is 15.1. The van der Waals surface area contributed by atoms with Crippen LogP contribution in [0.2, 0.25) is 0 Å². The standard InChI is InChI=1S/C17H14F3N/c1-16(11-12-5-3-2-4-6-12)15(21-16)13-7-9-14(10-8-13)17(18,19)20/h2-10H,11H2,1H3. The smallest absolute Gasteiger partial charge is 0.273 e. The van der Waals surface area contributed by atoms with Crippen LogP contribution in [0.5, 0.6) is 0 Å². The molecule has 0 amide bonds. The summed E-state index contributed by atoms with van der Waals surface area (Å²) in [6.07, 6.45) is -3.53. The third-order valence-corrected chi connectivity index (χ3v) is 3.70. The highest BCUT2D eigenvalue weighted by atomic mass is 19.4. The summed E-state index contributed by atoms with van der Waals surface area (Å²) >= 11 is 0. The molecule has 0 radical (unpaired) electrons. The van der Waals surface area contributed by atoms with E-state index in [2.05, 4.69) is 4.99 Å². The Balaban J connectivity index is 1.74. The molecule has 1 atom stereocenters. The van der Waals surface area contributed by atoms with Gasteiger partial charge < -0.3 is 0 Å². The number of rotatable bonds is 3. The monoisotopic (exact) mass is 289 g/mol. The maximum absolute atomic E-state index is 12.5. The molecule has 0 aromatic heterocycles. The van der Waals surface area contributed by atoms with Crippen LogP contribution in [0.15, 0.2) is 59.6 Å². The van der Waals surface area contributed by atoms with Crippen molar-refractivity contribution in [2.24, 2.45) is 4.99 Å². The summed E-state index contributed by atoms with van der Waals surface area (Å²) in [7, 11) is 0. The molecular formula is C17H14F3N. The summed E-state index contributed by atoms with van der Waals surface area (Å²) in [5.41, 5.74) is 1.89. The van der Waals surface area contributed by atoms with Crippen LogP contribution in [0.4, 0.5) is 13.2 Å². The van der Waals surface area contributed by atoms with E-state index >= 15 is 0 Å². The number of nitrogens with zero attached hydrogens (tertiary/aromatic N) is 1. The van der Waals surface area contributed by atoms with Gasteiger partial charge in [0.2, 0.25) is 0 Å². The Labute approximate surface area is 121 Å². The van der Waals surface area contributed by atoms with Gasteiger partial charge in [-0.25, -0.2) is 0 Å². The van der Waals surface area contributed by atoms with Crippen molar-refractivity contribution < 1.29 is 13.2 Å². The van der Waals surface area contributed by atoms with E-state index in [0.717, 1.165) is 29.8 Å². The lowest BCUT2D eigenvalue weighted by atomic mass is 9.92. The van der Waals surface area contributed by atoms with Crippen LogP contribution in [-0.2, 0) is 12.6 Å². The van der Waals surface area contributed by atoms with Crippen LogP contribution in [-0.4, -0.2) is 11.3 Å². The highest BCUT2D eigenvalue weighted by Gasteiger charge is 2.43.